The summed E-state index contributed by atoms with van der Waals surface area (Å²) in [7, 11) is 0. The zero-order chi connectivity index (χ0) is 11.8. The lowest BCUT2D eigenvalue weighted by Crippen LogP contribution is -2.11. The number of benzene rings is 1. The van der Waals surface area contributed by atoms with E-state index in [1.807, 2.05) is 31.2 Å². The van der Waals surface area contributed by atoms with Crippen LogP contribution in [0.25, 0.3) is 0 Å². The van der Waals surface area contributed by atoms with Gasteiger partial charge in [-0.25, -0.2) is 0 Å². The largest absolute Gasteiger partial charge is 0.467 e. The number of hydrogen-bond donors (Lipinski definition) is 0. The minimum absolute atomic E-state index is 0.159. The third-order valence-electron chi connectivity index (χ3n) is 1.92. The molecule has 0 spiro atoms. The third-order valence-corrected chi connectivity index (χ3v) is 1.92. The second-order valence-electron chi connectivity index (χ2n) is 3.28. The van der Waals surface area contributed by atoms with Gasteiger partial charge in [-0.05, 0) is 18.6 Å². The van der Waals surface area contributed by atoms with Gasteiger partial charge in [0.2, 0.25) is 0 Å². The maximum absolute atomic E-state index is 10.4. The highest BCUT2D eigenvalue weighted by molar-refractivity contribution is 5.65. The number of carbonyl (C=O) groups is 1. The van der Waals surface area contributed by atoms with Gasteiger partial charge in [0.05, 0.1) is 6.61 Å². The molecule has 0 aliphatic heterocycles. The maximum atomic E-state index is 10.4. The Balaban J connectivity index is 2.12. The first kappa shape index (κ1) is 12.5. The monoisotopic (exact) mass is 224 g/mol. The van der Waals surface area contributed by atoms with E-state index in [0.29, 0.717) is 6.61 Å². The molecule has 0 saturated heterocycles. The first-order chi connectivity index (χ1) is 7.70. The van der Waals surface area contributed by atoms with Crippen LogP contribution < -0.4 is 4.74 Å². The predicted molar refractivity (Wildman–Crippen MR) is 59.3 cm³/mol. The van der Waals surface area contributed by atoms with E-state index >= 15 is 0 Å². The second-order valence-corrected chi connectivity index (χ2v) is 3.28. The topological polar surface area (TPSA) is 44.8 Å². The molecule has 16 heavy (non-hydrogen) atoms. The molecule has 0 N–H and O–H groups in total. The molecule has 0 atom stereocenters. The molecule has 0 aromatic heterocycles. The van der Waals surface area contributed by atoms with Crippen LogP contribution in [0.1, 0.15) is 12.5 Å². The standard InChI is InChI=1S/C12H16O4/c1-10-5-3-4-6-12(10)16-9-14-7-8-15-11(2)13/h3-6H,7-9H2,1-2H3. The van der Waals surface area contributed by atoms with Gasteiger partial charge in [0.15, 0.2) is 6.79 Å². The van der Waals surface area contributed by atoms with Crippen LogP contribution in [0.2, 0.25) is 0 Å². The van der Waals surface area contributed by atoms with Crippen molar-refractivity contribution in [3.8, 4) is 5.75 Å². The van der Waals surface area contributed by atoms with Crippen molar-refractivity contribution in [2.45, 2.75) is 13.8 Å². The van der Waals surface area contributed by atoms with Crippen molar-refractivity contribution in [2.75, 3.05) is 20.0 Å². The van der Waals surface area contributed by atoms with Gasteiger partial charge in [0.1, 0.15) is 12.4 Å². The number of para-hydroxylation sites is 1. The maximum Gasteiger partial charge on any atom is 0.302 e. The number of hydrogen-bond acceptors (Lipinski definition) is 4. The van der Waals surface area contributed by atoms with Crippen LogP contribution in [0.5, 0.6) is 5.75 Å². The lowest BCUT2D eigenvalue weighted by molar-refractivity contribution is -0.143. The first-order valence-corrected chi connectivity index (χ1v) is 5.09. The smallest absolute Gasteiger partial charge is 0.302 e. The molecule has 0 aliphatic carbocycles. The summed E-state index contributed by atoms with van der Waals surface area (Å²) in [5, 5.41) is 0. The van der Waals surface area contributed by atoms with Crippen LogP contribution in [0.4, 0.5) is 0 Å². The van der Waals surface area contributed by atoms with Crippen LogP contribution in [-0.4, -0.2) is 26.0 Å². The van der Waals surface area contributed by atoms with Crippen LogP contribution >= 0.6 is 0 Å². The Kier molecular flexibility index (Phi) is 5.36. The fraction of sp³-hybridized carbons (Fsp3) is 0.417. The lowest BCUT2D eigenvalue weighted by Gasteiger charge is -2.09. The minimum Gasteiger partial charge on any atom is -0.467 e. The highest BCUT2D eigenvalue weighted by Gasteiger charge is 1.97. The summed E-state index contributed by atoms with van der Waals surface area (Å²) in [6.45, 7) is 4.09. The number of aryl methyl sites for hydroxylation is 1. The van der Waals surface area contributed by atoms with Gasteiger partial charge < -0.3 is 14.2 Å². The molecule has 0 radical (unpaired) electrons. The van der Waals surface area contributed by atoms with E-state index in [4.69, 9.17) is 14.2 Å². The highest BCUT2D eigenvalue weighted by atomic mass is 16.7. The molecule has 0 fully saturated rings. The van der Waals surface area contributed by atoms with Crippen molar-refractivity contribution in [1.82, 2.24) is 0 Å². The Bertz CT molecular complexity index is 336. The van der Waals surface area contributed by atoms with E-state index in [1.54, 1.807) is 0 Å². The molecule has 0 saturated carbocycles. The fourth-order valence-electron chi connectivity index (χ4n) is 1.13. The molecule has 0 amide bonds. The zero-order valence-electron chi connectivity index (χ0n) is 9.56. The SMILES string of the molecule is CC(=O)OCCOCOc1ccccc1C. The van der Waals surface area contributed by atoms with Gasteiger partial charge >= 0.3 is 5.97 Å². The van der Waals surface area contributed by atoms with Crippen molar-refractivity contribution in [1.29, 1.82) is 0 Å². The normalized spacial score (nSPS) is 9.88. The average molecular weight is 224 g/mol. The van der Waals surface area contributed by atoms with Gasteiger partial charge in [0, 0.05) is 6.92 Å². The van der Waals surface area contributed by atoms with Crippen molar-refractivity contribution in [2.24, 2.45) is 0 Å². The van der Waals surface area contributed by atoms with E-state index in [-0.39, 0.29) is 19.4 Å². The second kappa shape index (κ2) is 6.85. The highest BCUT2D eigenvalue weighted by Crippen LogP contribution is 2.15. The zero-order valence-corrected chi connectivity index (χ0v) is 9.56. The van der Waals surface area contributed by atoms with Gasteiger partial charge in [0.25, 0.3) is 0 Å². The lowest BCUT2D eigenvalue weighted by atomic mass is 10.2. The van der Waals surface area contributed by atoms with E-state index in [2.05, 4.69) is 0 Å². The van der Waals surface area contributed by atoms with Gasteiger partial charge in [-0.2, -0.15) is 0 Å². The summed E-state index contributed by atoms with van der Waals surface area (Å²) in [5.74, 6) is 0.499. The fourth-order valence-corrected chi connectivity index (χ4v) is 1.13. The molecule has 0 unspecified atom stereocenters. The number of rotatable bonds is 6. The molecule has 4 heteroatoms. The summed E-state index contributed by atoms with van der Waals surface area (Å²) in [6.07, 6.45) is 0. The Morgan fingerprint density at radius 3 is 2.69 bits per heavy atom. The van der Waals surface area contributed by atoms with Crippen molar-refractivity contribution < 1.29 is 19.0 Å². The van der Waals surface area contributed by atoms with E-state index < -0.39 is 0 Å². The van der Waals surface area contributed by atoms with Crippen molar-refractivity contribution >= 4 is 5.97 Å². The molecule has 1 aromatic carbocycles. The molecule has 4 nitrogen and oxygen atoms in total. The van der Waals surface area contributed by atoms with Gasteiger partial charge in [-0.3, -0.25) is 4.79 Å². The molecular weight excluding hydrogens is 208 g/mol. The summed E-state index contributed by atoms with van der Waals surface area (Å²) in [4.78, 5) is 10.4. The summed E-state index contributed by atoms with van der Waals surface area (Å²) in [6, 6.07) is 7.70. The van der Waals surface area contributed by atoms with Crippen LogP contribution in [0.15, 0.2) is 24.3 Å². The van der Waals surface area contributed by atoms with Gasteiger partial charge in [-0.15, -0.1) is 0 Å². The number of carbonyl (C=O) groups excluding carboxylic acids is 1. The molecule has 1 rings (SSSR count). The Hall–Kier alpha value is -1.55. The third kappa shape index (κ3) is 4.79. The predicted octanol–water partition coefficient (Wildman–Crippen LogP) is 1.91. The molecular formula is C12H16O4. The molecule has 1 aromatic rings. The summed E-state index contributed by atoms with van der Waals surface area (Å²) in [5.41, 5.74) is 1.06. The molecule has 0 bridgehead atoms. The molecule has 0 heterocycles. The quantitative estimate of drug-likeness (QED) is 0.420. The Morgan fingerprint density at radius 1 is 1.25 bits per heavy atom. The summed E-state index contributed by atoms with van der Waals surface area (Å²) < 4.78 is 15.2. The Morgan fingerprint density at radius 2 is 2.00 bits per heavy atom. The van der Waals surface area contributed by atoms with E-state index in [0.717, 1.165) is 11.3 Å². The van der Waals surface area contributed by atoms with Crippen molar-refractivity contribution in [3.05, 3.63) is 29.8 Å². The van der Waals surface area contributed by atoms with Crippen molar-refractivity contribution in [3.63, 3.8) is 0 Å². The molecule has 0 aliphatic rings. The summed E-state index contributed by atoms with van der Waals surface area (Å²) >= 11 is 0. The van der Waals surface area contributed by atoms with Crippen LogP contribution in [-0.2, 0) is 14.3 Å². The van der Waals surface area contributed by atoms with Crippen LogP contribution in [0.3, 0.4) is 0 Å². The van der Waals surface area contributed by atoms with Gasteiger partial charge in [-0.1, -0.05) is 18.2 Å². The molecule has 88 valence electrons. The minimum atomic E-state index is -0.302. The Labute approximate surface area is 95.1 Å². The van der Waals surface area contributed by atoms with Crippen LogP contribution in [0, 0.1) is 6.92 Å². The van der Waals surface area contributed by atoms with E-state index in [9.17, 15) is 4.79 Å². The number of ether oxygens (including phenoxy) is 3. The van der Waals surface area contributed by atoms with E-state index in [1.165, 1.54) is 6.92 Å². The number of esters is 1. The average Bonchev–Trinajstić information content (AvgIpc) is 2.25. The first-order valence-electron chi connectivity index (χ1n) is 5.09.